The Morgan fingerprint density at radius 1 is 1.19 bits per heavy atom. The van der Waals surface area contributed by atoms with E-state index in [-0.39, 0.29) is 6.03 Å². The molecule has 0 bridgehead atoms. The van der Waals surface area contributed by atoms with Crippen molar-refractivity contribution in [2.24, 2.45) is 0 Å². The van der Waals surface area contributed by atoms with Crippen LogP contribution in [0.2, 0.25) is 5.02 Å². The van der Waals surface area contributed by atoms with Crippen LogP contribution < -0.4 is 10.6 Å². The first-order valence-corrected chi connectivity index (χ1v) is 7.78. The van der Waals surface area contributed by atoms with Crippen LogP contribution in [0.5, 0.6) is 0 Å². The van der Waals surface area contributed by atoms with E-state index in [4.69, 9.17) is 11.6 Å². The normalized spacial score (nSPS) is 10.2. The average Bonchev–Trinajstić information content (AvgIpc) is 2.46. The molecule has 21 heavy (non-hydrogen) atoms. The minimum atomic E-state index is -0.229. The standard InChI is InChI=1S/C16H16BrClN2O/c1-11-14(18)7-4-8-15(11)20-16(21)19-10-9-12-5-2-3-6-13(12)17/h2-8H,9-10H2,1H3,(H2,19,20,21). The van der Waals surface area contributed by atoms with Crippen molar-refractivity contribution < 1.29 is 4.79 Å². The van der Waals surface area contributed by atoms with Gasteiger partial charge in [0.25, 0.3) is 0 Å². The molecule has 2 amide bonds. The van der Waals surface area contributed by atoms with E-state index in [9.17, 15) is 4.79 Å². The van der Waals surface area contributed by atoms with Crippen molar-refractivity contribution in [1.29, 1.82) is 0 Å². The van der Waals surface area contributed by atoms with Gasteiger partial charge in [-0.3, -0.25) is 0 Å². The maximum Gasteiger partial charge on any atom is 0.319 e. The smallest absolute Gasteiger partial charge is 0.319 e. The average molecular weight is 368 g/mol. The Morgan fingerprint density at radius 3 is 2.71 bits per heavy atom. The van der Waals surface area contributed by atoms with Gasteiger partial charge in [0.15, 0.2) is 0 Å². The summed E-state index contributed by atoms with van der Waals surface area (Å²) < 4.78 is 1.05. The van der Waals surface area contributed by atoms with Gasteiger partial charge in [0.1, 0.15) is 0 Å². The molecule has 110 valence electrons. The number of hydrogen-bond donors (Lipinski definition) is 2. The number of rotatable bonds is 4. The zero-order chi connectivity index (χ0) is 15.2. The lowest BCUT2D eigenvalue weighted by molar-refractivity contribution is 0.252. The van der Waals surface area contributed by atoms with Gasteiger partial charge in [-0.2, -0.15) is 0 Å². The molecule has 3 nitrogen and oxygen atoms in total. The lowest BCUT2D eigenvalue weighted by Crippen LogP contribution is -2.30. The van der Waals surface area contributed by atoms with Crippen LogP contribution in [0.4, 0.5) is 10.5 Å². The molecular formula is C16H16BrClN2O. The van der Waals surface area contributed by atoms with Gasteiger partial charge < -0.3 is 10.6 Å². The van der Waals surface area contributed by atoms with Gasteiger partial charge >= 0.3 is 6.03 Å². The molecule has 0 aromatic heterocycles. The Bertz CT molecular complexity index is 646. The summed E-state index contributed by atoms with van der Waals surface area (Å²) in [6.07, 6.45) is 0.767. The zero-order valence-corrected chi connectivity index (χ0v) is 14.0. The fourth-order valence-electron chi connectivity index (χ4n) is 1.92. The van der Waals surface area contributed by atoms with Crippen molar-refractivity contribution in [2.75, 3.05) is 11.9 Å². The third kappa shape index (κ3) is 4.48. The molecule has 0 aliphatic heterocycles. The van der Waals surface area contributed by atoms with E-state index < -0.39 is 0 Å². The van der Waals surface area contributed by atoms with Gasteiger partial charge in [-0.1, -0.05) is 51.8 Å². The number of hydrogen-bond acceptors (Lipinski definition) is 1. The van der Waals surface area contributed by atoms with Crippen molar-refractivity contribution in [2.45, 2.75) is 13.3 Å². The quantitative estimate of drug-likeness (QED) is 0.802. The Hall–Kier alpha value is -1.52. The number of halogens is 2. The van der Waals surface area contributed by atoms with Gasteiger partial charge in [0.05, 0.1) is 0 Å². The van der Waals surface area contributed by atoms with Gasteiger partial charge in [-0.05, 0) is 42.7 Å². The summed E-state index contributed by atoms with van der Waals surface area (Å²) in [6, 6.07) is 13.2. The number of amides is 2. The number of anilines is 1. The molecule has 0 saturated carbocycles. The largest absolute Gasteiger partial charge is 0.338 e. The highest BCUT2D eigenvalue weighted by Gasteiger charge is 2.06. The monoisotopic (exact) mass is 366 g/mol. The summed E-state index contributed by atoms with van der Waals surface area (Å²) in [7, 11) is 0. The highest BCUT2D eigenvalue weighted by Crippen LogP contribution is 2.22. The van der Waals surface area contributed by atoms with Crippen LogP contribution in [0.1, 0.15) is 11.1 Å². The molecule has 0 aliphatic carbocycles. The van der Waals surface area contributed by atoms with E-state index in [2.05, 4.69) is 26.6 Å². The molecule has 5 heteroatoms. The number of carbonyl (C=O) groups excluding carboxylic acids is 1. The molecule has 2 rings (SSSR count). The molecule has 0 aliphatic rings. The Morgan fingerprint density at radius 2 is 1.95 bits per heavy atom. The minimum absolute atomic E-state index is 0.229. The van der Waals surface area contributed by atoms with Crippen molar-refractivity contribution >= 4 is 39.2 Å². The predicted molar refractivity (Wildman–Crippen MR) is 91.1 cm³/mol. The second kappa shape index (κ2) is 7.48. The molecule has 0 unspecified atom stereocenters. The van der Waals surface area contributed by atoms with Gasteiger partial charge in [0, 0.05) is 21.7 Å². The zero-order valence-electron chi connectivity index (χ0n) is 11.6. The summed E-state index contributed by atoms with van der Waals surface area (Å²) in [5.41, 5.74) is 2.75. The highest BCUT2D eigenvalue weighted by molar-refractivity contribution is 9.10. The molecule has 2 aromatic rings. The maximum atomic E-state index is 11.9. The lowest BCUT2D eigenvalue weighted by Gasteiger charge is -2.11. The number of benzene rings is 2. The van der Waals surface area contributed by atoms with Crippen molar-refractivity contribution in [3.05, 3.63) is 63.1 Å². The van der Waals surface area contributed by atoms with Crippen LogP contribution in [0.15, 0.2) is 46.9 Å². The first-order valence-electron chi connectivity index (χ1n) is 6.61. The fourth-order valence-corrected chi connectivity index (χ4v) is 2.58. The first-order chi connectivity index (χ1) is 10.1. The van der Waals surface area contributed by atoms with Crippen molar-refractivity contribution in [1.82, 2.24) is 5.32 Å². The molecule has 2 aromatic carbocycles. The van der Waals surface area contributed by atoms with Crippen LogP contribution in [0.25, 0.3) is 0 Å². The highest BCUT2D eigenvalue weighted by atomic mass is 79.9. The lowest BCUT2D eigenvalue weighted by atomic mass is 10.1. The van der Waals surface area contributed by atoms with E-state index in [1.54, 1.807) is 6.07 Å². The van der Waals surface area contributed by atoms with Crippen molar-refractivity contribution in [3.63, 3.8) is 0 Å². The first kappa shape index (κ1) is 15.9. The summed E-state index contributed by atoms with van der Waals surface area (Å²) in [5, 5.41) is 6.29. The third-order valence-electron chi connectivity index (χ3n) is 3.15. The molecular weight excluding hydrogens is 352 g/mol. The maximum absolute atomic E-state index is 11.9. The second-order valence-electron chi connectivity index (χ2n) is 4.63. The van der Waals surface area contributed by atoms with E-state index in [1.807, 2.05) is 43.3 Å². The van der Waals surface area contributed by atoms with Gasteiger partial charge in [0.2, 0.25) is 0 Å². The van der Waals surface area contributed by atoms with Crippen LogP contribution >= 0.6 is 27.5 Å². The van der Waals surface area contributed by atoms with Crippen LogP contribution in [0.3, 0.4) is 0 Å². The van der Waals surface area contributed by atoms with Crippen LogP contribution in [-0.4, -0.2) is 12.6 Å². The van der Waals surface area contributed by atoms with Crippen LogP contribution in [-0.2, 0) is 6.42 Å². The van der Waals surface area contributed by atoms with Crippen molar-refractivity contribution in [3.8, 4) is 0 Å². The summed E-state index contributed by atoms with van der Waals surface area (Å²) in [5.74, 6) is 0. The fraction of sp³-hybridized carbons (Fsp3) is 0.188. The SMILES string of the molecule is Cc1c(Cl)cccc1NC(=O)NCCc1ccccc1Br. The number of urea groups is 1. The Balaban J connectivity index is 1.85. The molecule has 0 saturated heterocycles. The summed E-state index contributed by atoms with van der Waals surface area (Å²) >= 11 is 9.51. The molecule has 0 spiro atoms. The predicted octanol–water partition coefficient (Wildman–Crippen LogP) is 4.78. The summed E-state index contributed by atoms with van der Waals surface area (Å²) in [6.45, 7) is 2.44. The van der Waals surface area contributed by atoms with Gasteiger partial charge in [-0.25, -0.2) is 4.79 Å². The molecule has 0 atom stereocenters. The second-order valence-corrected chi connectivity index (χ2v) is 5.90. The van der Waals surface area contributed by atoms with E-state index in [1.165, 1.54) is 0 Å². The Kier molecular flexibility index (Phi) is 5.65. The minimum Gasteiger partial charge on any atom is -0.338 e. The molecule has 0 heterocycles. The number of nitrogens with one attached hydrogen (secondary N) is 2. The molecule has 2 N–H and O–H groups in total. The van der Waals surface area contributed by atoms with E-state index in [0.29, 0.717) is 11.6 Å². The summed E-state index contributed by atoms with van der Waals surface area (Å²) in [4.78, 5) is 11.9. The third-order valence-corrected chi connectivity index (χ3v) is 4.34. The van der Waals surface area contributed by atoms with Crippen LogP contribution in [0, 0.1) is 6.92 Å². The van der Waals surface area contributed by atoms with E-state index >= 15 is 0 Å². The number of carbonyl (C=O) groups is 1. The molecule has 0 fully saturated rings. The Labute approximate surface area is 137 Å². The topological polar surface area (TPSA) is 41.1 Å². The van der Waals surface area contributed by atoms with Gasteiger partial charge in [-0.15, -0.1) is 0 Å². The van der Waals surface area contributed by atoms with E-state index in [0.717, 1.165) is 27.7 Å². The molecule has 0 radical (unpaired) electrons.